The smallest absolute Gasteiger partial charge is 0.410 e. The predicted octanol–water partition coefficient (Wildman–Crippen LogP) is 9.54. The summed E-state index contributed by atoms with van der Waals surface area (Å²) in [6.45, 7) is 7.94. The van der Waals surface area contributed by atoms with Crippen LogP contribution in [0, 0.1) is 5.92 Å². The monoisotopic (exact) mass is 637 g/mol. The number of nitrogens with zero attached hydrogens (tertiary/aromatic N) is 1. The normalized spacial score (nSPS) is 14.0. The number of carbonyl (C=O) groups is 3. The van der Waals surface area contributed by atoms with Gasteiger partial charge in [-0.05, 0) is 87.6 Å². The molecule has 0 aliphatic carbocycles. The largest absolute Gasteiger partial charge is 0.494 e. The molecule has 46 heavy (non-hydrogen) atoms. The van der Waals surface area contributed by atoms with Crippen molar-refractivity contribution in [1.29, 1.82) is 0 Å². The van der Waals surface area contributed by atoms with Crippen molar-refractivity contribution in [2.45, 2.75) is 123 Å². The van der Waals surface area contributed by atoms with Crippen LogP contribution in [-0.4, -0.2) is 48.7 Å². The summed E-state index contributed by atoms with van der Waals surface area (Å²) < 4.78 is 22.5. The summed E-state index contributed by atoms with van der Waals surface area (Å²) in [6.07, 6.45) is 16.1. The van der Waals surface area contributed by atoms with Crippen molar-refractivity contribution in [2.75, 3.05) is 19.7 Å². The molecule has 1 aliphatic rings. The minimum Gasteiger partial charge on any atom is -0.494 e. The quantitative estimate of drug-likeness (QED) is 0.0811. The Morgan fingerprint density at radius 3 is 1.83 bits per heavy atom. The molecule has 1 amide bonds. The van der Waals surface area contributed by atoms with Crippen LogP contribution in [0.2, 0.25) is 0 Å². The van der Waals surface area contributed by atoms with Crippen molar-refractivity contribution in [2.24, 2.45) is 5.92 Å². The van der Waals surface area contributed by atoms with Gasteiger partial charge in [-0.2, -0.15) is 0 Å². The summed E-state index contributed by atoms with van der Waals surface area (Å²) in [5.74, 6) is 0.370. The van der Waals surface area contributed by atoms with Crippen molar-refractivity contribution in [1.82, 2.24) is 4.90 Å². The number of hydrogen-bond donors (Lipinski definition) is 0. The van der Waals surface area contributed by atoms with Crippen LogP contribution < -0.4 is 14.2 Å². The van der Waals surface area contributed by atoms with Gasteiger partial charge in [0.25, 0.3) is 0 Å². The minimum absolute atomic E-state index is 0.108. The third kappa shape index (κ3) is 13.8. The Balaban J connectivity index is 1.32. The van der Waals surface area contributed by atoms with E-state index in [1.54, 1.807) is 53.4 Å². The first-order valence-corrected chi connectivity index (χ1v) is 17.6. The van der Waals surface area contributed by atoms with Gasteiger partial charge in [-0.1, -0.05) is 78.1 Å². The molecule has 8 heteroatoms. The second-order valence-corrected chi connectivity index (χ2v) is 12.4. The maximum absolute atomic E-state index is 12.8. The number of amides is 1. The van der Waals surface area contributed by atoms with Gasteiger partial charge in [0.1, 0.15) is 23.4 Å². The lowest BCUT2D eigenvalue weighted by molar-refractivity contribution is -0.140. The van der Waals surface area contributed by atoms with Gasteiger partial charge in [0.15, 0.2) is 0 Å². The molecule has 2 aromatic rings. The van der Waals surface area contributed by atoms with E-state index < -0.39 is 5.97 Å². The Labute approximate surface area is 276 Å². The molecule has 0 unspecified atom stereocenters. The van der Waals surface area contributed by atoms with E-state index in [4.69, 9.17) is 18.9 Å². The third-order valence-corrected chi connectivity index (χ3v) is 8.46. The Bertz CT molecular complexity index is 1160. The number of likely N-dealkylation sites (tertiary alicyclic amines) is 1. The number of carbonyl (C=O) groups excluding carboxylic acids is 3. The van der Waals surface area contributed by atoms with Gasteiger partial charge in [-0.15, -0.1) is 0 Å². The summed E-state index contributed by atoms with van der Waals surface area (Å²) in [5, 5.41) is 0. The van der Waals surface area contributed by atoms with Crippen LogP contribution in [0.4, 0.5) is 4.79 Å². The zero-order valence-electron chi connectivity index (χ0n) is 28.3. The van der Waals surface area contributed by atoms with Crippen LogP contribution in [0.1, 0.15) is 127 Å². The summed E-state index contributed by atoms with van der Waals surface area (Å²) in [6, 6.07) is 13.4. The van der Waals surface area contributed by atoms with Crippen molar-refractivity contribution in [3.8, 4) is 17.2 Å². The van der Waals surface area contributed by atoms with E-state index in [-0.39, 0.29) is 24.1 Å². The fourth-order valence-corrected chi connectivity index (χ4v) is 5.52. The molecular formula is C38H55NO7. The second kappa shape index (κ2) is 21.3. The zero-order valence-corrected chi connectivity index (χ0v) is 28.3. The lowest BCUT2D eigenvalue weighted by atomic mass is 9.97. The van der Waals surface area contributed by atoms with E-state index in [2.05, 4.69) is 13.8 Å². The van der Waals surface area contributed by atoms with Crippen molar-refractivity contribution < 1.29 is 33.3 Å². The van der Waals surface area contributed by atoms with Crippen LogP contribution in [0.5, 0.6) is 17.2 Å². The molecule has 8 nitrogen and oxygen atoms in total. The molecule has 1 atom stereocenters. The third-order valence-electron chi connectivity index (χ3n) is 8.46. The standard InChI is InChI=1S/C38H55NO7/c1-4-6-8-10-11-12-13-15-29-43-33-19-17-31(18-20-33)36(40)45-34-21-23-35(24-22-34)46-37(41)32-25-27-39(28-26-32)38(42)44-30(3)16-14-9-7-5-2/h17-24,30,32H,4-16,25-29H2,1-3H3/t30-/m0/s1. The highest BCUT2D eigenvalue weighted by Gasteiger charge is 2.30. The first-order valence-electron chi connectivity index (χ1n) is 17.6. The average Bonchev–Trinajstić information content (AvgIpc) is 3.07. The molecule has 2 aromatic carbocycles. The molecule has 0 saturated carbocycles. The number of ether oxygens (including phenoxy) is 4. The van der Waals surface area contributed by atoms with Crippen molar-refractivity contribution >= 4 is 18.0 Å². The second-order valence-electron chi connectivity index (χ2n) is 12.4. The Hall–Kier alpha value is -3.55. The molecule has 254 valence electrons. The molecule has 1 saturated heterocycles. The van der Waals surface area contributed by atoms with Gasteiger partial charge in [0, 0.05) is 13.1 Å². The number of benzene rings is 2. The molecule has 0 spiro atoms. The Morgan fingerprint density at radius 1 is 0.696 bits per heavy atom. The van der Waals surface area contributed by atoms with E-state index in [9.17, 15) is 14.4 Å². The highest BCUT2D eigenvalue weighted by atomic mass is 16.6. The van der Waals surface area contributed by atoms with Crippen LogP contribution in [0.3, 0.4) is 0 Å². The van der Waals surface area contributed by atoms with Gasteiger partial charge < -0.3 is 23.8 Å². The first-order chi connectivity index (χ1) is 22.4. The number of esters is 2. The Kier molecular flexibility index (Phi) is 17.1. The highest BCUT2D eigenvalue weighted by molar-refractivity contribution is 5.91. The van der Waals surface area contributed by atoms with Crippen molar-refractivity contribution in [3.63, 3.8) is 0 Å². The zero-order chi connectivity index (χ0) is 33.0. The molecule has 1 fully saturated rings. The number of rotatable bonds is 20. The number of hydrogen-bond acceptors (Lipinski definition) is 7. The van der Waals surface area contributed by atoms with Crippen LogP contribution in [-0.2, 0) is 9.53 Å². The van der Waals surface area contributed by atoms with E-state index in [0.717, 1.165) is 31.4 Å². The molecular weight excluding hydrogens is 582 g/mol. The van der Waals surface area contributed by atoms with Gasteiger partial charge in [0.2, 0.25) is 0 Å². The van der Waals surface area contributed by atoms with E-state index in [0.29, 0.717) is 49.6 Å². The number of unbranched alkanes of at least 4 members (excludes halogenated alkanes) is 10. The summed E-state index contributed by atoms with van der Waals surface area (Å²) in [4.78, 5) is 39.6. The average molecular weight is 638 g/mol. The van der Waals surface area contributed by atoms with E-state index >= 15 is 0 Å². The highest BCUT2D eigenvalue weighted by Crippen LogP contribution is 2.24. The number of piperidine rings is 1. The van der Waals surface area contributed by atoms with E-state index in [1.807, 2.05) is 6.92 Å². The summed E-state index contributed by atoms with van der Waals surface area (Å²) >= 11 is 0. The minimum atomic E-state index is -0.476. The van der Waals surface area contributed by atoms with Crippen LogP contribution in [0.25, 0.3) is 0 Å². The molecule has 1 aliphatic heterocycles. The van der Waals surface area contributed by atoms with E-state index in [1.165, 1.54) is 57.8 Å². The molecule has 0 radical (unpaired) electrons. The molecule has 0 bridgehead atoms. The fraction of sp³-hybridized carbons (Fsp3) is 0.605. The molecule has 0 N–H and O–H groups in total. The van der Waals surface area contributed by atoms with Gasteiger partial charge in [0.05, 0.1) is 18.1 Å². The first kappa shape index (κ1) is 36.9. The Morgan fingerprint density at radius 2 is 1.22 bits per heavy atom. The fourth-order valence-electron chi connectivity index (χ4n) is 5.52. The summed E-state index contributed by atoms with van der Waals surface area (Å²) in [5.41, 5.74) is 0.423. The lowest BCUT2D eigenvalue weighted by Crippen LogP contribution is -2.42. The molecule has 3 rings (SSSR count). The van der Waals surface area contributed by atoms with Crippen molar-refractivity contribution in [3.05, 3.63) is 54.1 Å². The van der Waals surface area contributed by atoms with Crippen LogP contribution >= 0.6 is 0 Å². The maximum atomic E-state index is 12.8. The lowest BCUT2D eigenvalue weighted by Gasteiger charge is -2.31. The topological polar surface area (TPSA) is 91.4 Å². The SMILES string of the molecule is CCCCCCCCCCOc1ccc(C(=O)Oc2ccc(OC(=O)C3CCN(C(=O)O[C@@H](C)CCCCCC)CC3)cc2)cc1. The van der Waals surface area contributed by atoms with Gasteiger partial charge in [-0.25, -0.2) is 9.59 Å². The summed E-state index contributed by atoms with van der Waals surface area (Å²) in [7, 11) is 0. The van der Waals surface area contributed by atoms with Crippen LogP contribution in [0.15, 0.2) is 48.5 Å². The predicted molar refractivity (Wildman–Crippen MR) is 181 cm³/mol. The van der Waals surface area contributed by atoms with Gasteiger partial charge in [-0.3, -0.25) is 4.79 Å². The molecule has 0 aromatic heterocycles. The molecule has 1 heterocycles. The maximum Gasteiger partial charge on any atom is 0.410 e. The van der Waals surface area contributed by atoms with Gasteiger partial charge >= 0.3 is 18.0 Å².